The minimum absolute atomic E-state index is 0.158. The number of methoxy groups -OCH3 is 1. The summed E-state index contributed by atoms with van der Waals surface area (Å²) in [5, 5.41) is 1.58. The van der Waals surface area contributed by atoms with Crippen molar-refractivity contribution >= 4 is 33.0 Å². The van der Waals surface area contributed by atoms with Crippen LogP contribution in [-0.4, -0.2) is 27.1 Å². The molecule has 0 saturated heterocycles. The number of rotatable bonds is 7. The Hall–Kier alpha value is -1.93. The number of aromatic nitrogens is 1. The molecule has 0 fully saturated rings. The van der Waals surface area contributed by atoms with Crippen LogP contribution in [0.25, 0.3) is 10.6 Å². The highest BCUT2D eigenvalue weighted by Crippen LogP contribution is 2.30. The first kappa shape index (κ1) is 21.8. The third kappa shape index (κ3) is 4.98. The van der Waals surface area contributed by atoms with E-state index in [0.717, 1.165) is 32.3 Å². The molecule has 0 aliphatic carbocycles. The summed E-state index contributed by atoms with van der Waals surface area (Å²) in [6, 6.07) is 10.9. The fourth-order valence-electron chi connectivity index (χ4n) is 2.89. The summed E-state index contributed by atoms with van der Waals surface area (Å²) in [7, 11) is -2.21. The number of nitrogens with one attached hydrogen (secondary N) is 1. The molecule has 1 N–H and O–H groups in total. The number of hydrogen-bond acceptors (Lipinski definition) is 5. The lowest BCUT2D eigenvalue weighted by Crippen LogP contribution is -2.26. The van der Waals surface area contributed by atoms with Gasteiger partial charge in [-0.05, 0) is 62.6 Å². The van der Waals surface area contributed by atoms with Gasteiger partial charge in [-0.3, -0.25) is 0 Å². The van der Waals surface area contributed by atoms with E-state index in [1.54, 1.807) is 23.5 Å². The molecule has 0 amide bonds. The molecule has 1 heterocycles. The standard InChI is InChI=1S/C21H23ClN2O3S2/c1-13-11-18(27-4)20(12-14(13)2)29(25,26)23-10-9-19-15(3)24-21(28-19)16-5-7-17(22)8-6-16/h5-8,11-12,23H,9-10H2,1-4H3. The van der Waals surface area contributed by atoms with Gasteiger partial charge < -0.3 is 4.74 Å². The van der Waals surface area contributed by atoms with Crippen LogP contribution in [0.4, 0.5) is 0 Å². The molecular formula is C21H23ClN2O3S2. The minimum atomic E-state index is -3.68. The van der Waals surface area contributed by atoms with Crippen molar-refractivity contribution in [3.8, 4) is 16.3 Å². The predicted octanol–water partition coefficient (Wildman–Crippen LogP) is 4.92. The molecule has 0 bridgehead atoms. The largest absolute Gasteiger partial charge is 0.495 e. The highest BCUT2D eigenvalue weighted by atomic mass is 35.5. The molecule has 154 valence electrons. The Kier molecular flexibility index (Phi) is 6.63. The Morgan fingerprint density at radius 3 is 2.41 bits per heavy atom. The zero-order valence-electron chi connectivity index (χ0n) is 16.7. The van der Waals surface area contributed by atoms with Crippen LogP contribution in [0, 0.1) is 20.8 Å². The summed E-state index contributed by atoms with van der Waals surface area (Å²) in [5.41, 5.74) is 3.78. The number of sulfonamides is 1. The van der Waals surface area contributed by atoms with Crippen LogP contribution < -0.4 is 9.46 Å². The van der Waals surface area contributed by atoms with E-state index in [1.165, 1.54) is 7.11 Å². The van der Waals surface area contributed by atoms with Gasteiger partial charge in [-0.1, -0.05) is 23.7 Å². The molecule has 0 radical (unpaired) electrons. The summed E-state index contributed by atoms with van der Waals surface area (Å²) < 4.78 is 33.5. The first-order chi connectivity index (χ1) is 13.7. The van der Waals surface area contributed by atoms with E-state index in [0.29, 0.717) is 17.2 Å². The van der Waals surface area contributed by atoms with Crippen LogP contribution in [-0.2, 0) is 16.4 Å². The fourth-order valence-corrected chi connectivity index (χ4v) is 5.34. The lowest BCUT2D eigenvalue weighted by molar-refractivity contribution is 0.402. The van der Waals surface area contributed by atoms with Gasteiger partial charge in [-0.25, -0.2) is 18.1 Å². The quantitative estimate of drug-likeness (QED) is 0.554. The number of nitrogens with zero attached hydrogens (tertiary/aromatic N) is 1. The van der Waals surface area contributed by atoms with E-state index in [9.17, 15) is 8.42 Å². The van der Waals surface area contributed by atoms with Crippen LogP contribution >= 0.6 is 22.9 Å². The minimum Gasteiger partial charge on any atom is -0.495 e. The number of ether oxygens (including phenoxy) is 1. The van der Waals surface area contributed by atoms with Crippen LogP contribution in [0.5, 0.6) is 5.75 Å². The first-order valence-corrected chi connectivity index (χ1v) is 11.8. The molecule has 0 saturated carbocycles. The molecule has 1 aromatic heterocycles. The summed E-state index contributed by atoms with van der Waals surface area (Å²) >= 11 is 7.51. The van der Waals surface area contributed by atoms with E-state index in [1.807, 2.05) is 45.0 Å². The predicted molar refractivity (Wildman–Crippen MR) is 119 cm³/mol. The topological polar surface area (TPSA) is 68.3 Å². The van der Waals surface area contributed by atoms with E-state index in [-0.39, 0.29) is 11.4 Å². The second-order valence-corrected chi connectivity index (χ2v) is 10.0. The van der Waals surface area contributed by atoms with Crippen molar-refractivity contribution in [3.63, 3.8) is 0 Å². The lowest BCUT2D eigenvalue weighted by Gasteiger charge is -2.13. The molecule has 2 aromatic carbocycles. The third-order valence-electron chi connectivity index (χ3n) is 4.70. The van der Waals surface area contributed by atoms with Gasteiger partial charge in [0, 0.05) is 22.0 Å². The maximum atomic E-state index is 12.8. The summed E-state index contributed by atoms with van der Waals surface area (Å²) in [5.74, 6) is 0.347. The van der Waals surface area contributed by atoms with Crippen LogP contribution in [0.15, 0.2) is 41.3 Å². The zero-order valence-corrected chi connectivity index (χ0v) is 19.1. The first-order valence-electron chi connectivity index (χ1n) is 9.08. The average Bonchev–Trinajstić information content (AvgIpc) is 3.04. The Balaban J connectivity index is 1.73. The lowest BCUT2D eigenvalue weighted by atomic mass is 10.1. The number of halogens is 1. The van der Waals surface area contributed by atoms with Crippen molar-refractivity contribution in [1.29, 1.82) is 0 Å². The van der Waals surface area contributed by atoms with Crippen molar-refractivity contribution < 1.29 is 13.2 Å². The van der Waals surface area contributed by atoms with Gasteiger partial charge in [-0.2, -0.15) is 0 Å². The SMILES string of the molecule is COc1cc(C)c(C)cc1S(=O)(=O)NCCc1sc(-c2ccc(Cl)cc2)nc1C. The van der Waals surface area contributed by atoms with Gasteiger partial charge in [0.25, 0.3) is 0 Å². The molecule has 0 unspecified atom stereocenters. The molecule has 0 aliphatic heterocycles. The molecule has 0 spiro atoms. The van der Waals surface area contributed by atoms with Crippen molar-refractivity contribution in [2.24, 2.45) is 0 Å². The number of thiazole rings is 1. The van der Waals surface area contributed by atoms with Gasteiger partial charge >= 0.3 is 0 Å². The number of aryl methyl sites for hydroxylation is 3. The highest BCUT2D eigenvalue weighted by Gasteiger charge is 2.20. The Morgan fingerprint density at radius 1 is 1.10 bits per heavy atom. The molecule has 0 atom stereocenters. The van der Waals surface area contributed by atoms with E-state index < -0.39 is 10.0 Å². The molecule has 3 rings (SSSR count). The highest BCUT2D eigenvalue weighted by molar-refractivity contribution is 7.89. The van der Waals surface area contributed by atoms with Gasteiger partial charge in [-0.15, -0.1) is 11.3 Å². The average molecular weight is 451 g/mol. The molecule has 8 heteroatoms. The van der Waals surface area contributed by atoms with Crippen molar-refractivity contribution in [2.45, 2.75) is 32.1 Å². The van der Waals surface area contributed by atoms with Crippen LogP contribution in [0.1, 0.15) is 21.7 Å². The fraction of sp³-hybridized carbons (Fsp3) is 0.286. The zero-order chi connectivity index (χ0) is 21.2. The molecule has 5 nitrogen and oxygen atoms in total. The van der Waals surface area contributed by atoms with Gasteiger partial charge in [0.15, 0.2) is 0 Å². The number of benzene rings is 2. The van der Waals surface area contributed by atoms with E-state index >= 15 is 0 Å². The Bertz CT molecular complexity index is 1120. The monoisotopic (exact) mass is 450 g/mol. The second-order valence-electron chi connectivity index (χ2n) is 6.77. The smallest absolute Gasteiger partial charge is 0.244 e. The van der Waals surface area contributed by atoms with Crippen molar-refractivity contribution in [2.75, 3.05) is 13.7 Å². The normalized spacial score (nSPS) is 11.6. The van der Waals surface area contributed by atoms with Crippen LogP contribution in [0.3, 0.4) is 0 Å². The molecule has 3 aromatic rings. The third-order valence-corrected chi connectivity index (χ3v) is 7.70. The molecule has 29 heavy (non-hydrogen) atoms. The van der Waals surface area contributed by atoms with Crippen molar-refractivity contribution in [3.05, 3.63) is 63.1 Å². The second kappa shape index (κ2) is 8.83. The van der Waals surface area contributed by atoms with Gasteiger partial charge in [0.05, 0.1) is 12.8 Å². The maximum Gasteiger partial charge on any atom is 0.244 e. The maximum absolute atomic E-state index is 12.8. The van der Waals surface area contributed by atoms with Crippen molar-refractivity contribution in [1.82, 2.24) is 9.71 Å². The summed E-state index contributed by atoms with van der Waals surface area (Å²) in [6.45, 7) is 6.02. The molecule has 0 aliphatic rings. The van der Waals surface area contributed by atoms with Gasteiger partial charge in [0.1, 0.15) is 15.7 Å². The summed E-state index contributed by atoms with van der Waals surface area (Å²) in [6.07, 6.45) is 0.559. The number of hydrogen-bond donors (Lipinski definition) is 1. The van der Waals surface area contributed by atoms with E-state index in [4.69, 9.17) is 16.3 Å². The summed E-state index contributed by atoms with van der Waals surface area (Å²) in [4.78, 5) is 5.82. The van der Waals surface area contributed by atoms with E-state index in [2.05, 4.69) is 9.71 Å². The Labute approximate surface area is 180 Å². The van der Waals surface area contributed by atoms with Gasteiger partial charge in [0.2, 0.25) is 10.0 Å². The Morgan fingerprint density at radius 2 is 1.76 bits per heavy atom. The molecular weight excluding hydrogens is 428 g/mol. The van der Waals surface area contributed by atoms with Crippen LogP contribution in [0.2, 0.25) is 5.02 Å².